The summed E-state index contributed by atoms with van der Waals surface area (Å²) in [5.41, 5.74) is 1.94. The van der Waals surface area contributed by atoms with E-state index in [0.29, 0.717) is 45.2 Å². The highest BCUT2D eigenvalue weighted by Gasteiger charge is 2.38. The molecule has 2 aromatic rings. The van der Waals surface area contributed by atoms with E-state index >= 15 is 0 Å². The fraction of sp³-hybridized carbons (Fsp3) is 0.545. The van der Waals surface area contributed by atoms with Crippen LogP contribution in [0.3, 0.4) is 0 Å². The summed E-state index contributed by atoms with van der Waals surface area (Å²) in [5, 5.41) is 5.70. The van der Waals surface area contributed by atoms with Crippen molar-refractivity contribution < 1.29 is 28.6 Å². The van der Waals surface area contributed by atoms with E-state index in [1.54, 1.807) is 0 Å². The number of rotatable bonds is 7. The SMILES string of the molecule is CC(C)(C)OC(=O)NCCOc1ccc([C@H](c2ccccc2)C2CCN(C(=O)N3CC[C@@H]4OCC(=O)N[C@@H]4C3)CC2)cc1. The van der Waals surface area contributed by atoms with Gasteiger partial charge in [-0.2, -0.15) is 0 Å². The second-order valence-corrected chi connectivity index (χ2v) is 12.6. The number of amides is 4. The lowest BCUT2D eigenvalue weighted by Gasteiger charge is -2.44. The molecule has 3 aliphatic rings. The molecular weight excluding hydrogens is 548 g/mol. The van der Waals surface area contributed by atoms with E-state index in [9.17, 15) is 14.4 Å². The molecule has 0 spiro atoms. The maximum Gasteiger partial charge on any atom is 0.407 e. The maximum atomic E-state index is 13.4. The average Bonchev–Trinajstić information content (AvgIpc) is 2.99. The van der Waals surface area contributed by atoms with Gasteiger partial charge in [0.15, 0.2) is 0 Å². The fourth-order valence-corrected chi connectivity index (χ4v) is 6.30. The Bertz CT molecular complexity index is 1240. The van der Waals surface area contributed by atoms with Crippen LogP contribution < -0.4 is 15.4 Å². The Balaban J connectivity index is 1.16. The van der Waals surface area contributed by atoms with E-state index in [0.717, 1.165) is 25.0 Å². The molecule has 2 N–H and O–H groups in total. The van der Waals surface area contributed by atoms with Crippen molar-refractivity contribution in [3.63, 3.8) is 0 Å². The lowest BCUT2D eigenvalue weighted by molar-refractivity contribution is -0.139. The number of piperidine rings is 2. The summed E-state index contributed by atoms with van der Waals surface area (Å²) in [6, 6.07) is 18.7. The number of carbonyl (C=O) groups is 3. The van der Waals surface area contributed by atoms with Crippen molar-refractivity contribution >= 4 is 18.0 Å². The van der Waals surface area contributed by atoms with E-state index in [-0.39, 0.29) is 36.6 Å². The Morgan fingerprint density at radius 2 is 1.65 bits per heavy atom. The molecule has 3 saturated heterocycles. The molecule has 0 saturated carbocycles. The second kappa shape index (κ2) is 13.7. The van der Waals surface area contributed by atoms with Gasteiger partial charge < -0.3 is 34.6 Å². The number of morpholine rings is 1. The Morgan fingerprint density at radius 1 is 0.977 bits per heavy atom. The lowest BCUT2D eigenvalue weighted by atomic mass is 9.76. The zero-order valence-corrected chi connectivity index (χ0v) is 25.4. The molecular formula is C33H44N4O6. The van der Waals surface area contributed by atoms with Crippen LogP contribution in [0.1, 0.15) is 57.1 Å². The van der Waals surface area contributed by atoms with Gasteiger partial charge in [-0.15, -0.1) is 0 Å². The number of ether oxygens (including phenoxy) is 3. The van der Waals surface area contributed by atoms with E-state index in [1.807, 2.05) is 48.8 Å². The third kappa shape index (κ3) is 8.19. The number of alkyl carbamates (subject to hydrolysis) is 1. The molecule has 0 aliphatic carbocycles. The number of fused-ring (bicyclic) bond motifs is 1. The molecule has 0 radical (unpaired) electrons. The van der Waals surface area contributed by atoms with Crippen LogP contribution in [0.2, 0.25) is 0 Å². The highest BCUT2D eigenvalue weighted by Crippen LogP contribution is 2.39. The highest BCUT2D eigenvalue weighted by molar-refractivity contribution is 5.79. The summed E-state index contributed by atoms with van der Waals surface area (Å²) in [6.07, 6.45) is 2.08. The quantitative estimate of drug-likeness (QED) is 0.468. The number of hydrogen-bond donors (Lipinski definition) is 2. The average molecular weight is 593 g/mol. The van der Waals surface area contributed by atoms with Crippen LogP contribution >= 0.6 is 0 Å². The third-order valence-corrected chi connectivity index (χ3v) is 8.31. The molecule has 10 nitrogen and oxygen atoms in total. The number of likely N-dealkylation sites (tertiary alicyclic amines) is 2. The number of carbonyl (C=O) groups excluding carboxylic acids is 3. The smallest absolute Gasteiger partial charge is 0.407 e. The van der Waals surface area contributed by atoms with Crippen molar-refractivity contribution in [2.45, 2.75) is 63.7 Å². The van der Waals surface area contributed by atoms with Gasteiger partial charge in [0.1, 0.15) is 24.6 Å². The lowest BCUT2D eigenvalue weighted by Crippen LogP contribution is -2.62. The molecule has 0 aromatic heterocycles. The molecule has 0 unspecified atom stereocenters. The van der Waals surface area contributed by atoms with Gasteiger partial charge in [0, 0.05) is 32.1 Å². The van der Waals surface area contributed by atoms with Gasteiger partial charge in [-0.1, -0.05) is 42.5 Å². The molecule has 232 valence electrons. The highest BCUT2D eigenvalue weighted by atomic mass is 16.6. The first-order valence-electron chi connectivity index (χ1n) is 15.4. The zero-order chi connectivity index (χ0) is 30.4. The summed E-state index contributed by atoms with van der Waals surface area (Å²) in [5.74, 6) is 1.21. The van der Waals surface area contributed by atoms with Crippen LogP contribution in [0.4, 0.5) is 9.59 Å². The van der Waals surface area contributed by atoms with Crippen LogP contribution in [-0.4, -0.2) is 91.5 Å². The molecule has 5 rings (SSSR count). The van der Waals surface area contributed by atoms with E-state index in [2.05, 4.69) is 47.0 Å². The van der Waals surface area contributed by atoms with Crippen molar-refractivity contribution in [2.24, 2.45) is 5.92 Å². The minimum Gasteiger partial charge on any atom is -0.492 e. The number of nitrogens with one attached hydrogen (secondary N) is 2. The van der Waals surface area contributed by atoms with Gasteiger partial charge in [-0.05, 0) is 69.2 Å². The van der Waals surface area contributed by atoms with Gasteiger partial charge in [0.05, 0.1) is 18.7 Å². The molecule has 0 bridgehead atoms. The van der Waals surface area contributed by atoms with E-state index < -0.39 is 11.7 Å². The first-order valence-corrected chi connectivity index (χ1v) is 15.4. The minimum absolute atomic E-state index is 0.00944. The second-order valence-electron chi connectivity index (χ2n) is 12.6. The van der Waals surface area contributed by atoms with Crippen molar-refractivity contribution in [3.05, 3.63) is 65.7 Å². The van der Waals surface area contributed by atoms with Crippen molar-refractivity contribution in [3.8, 4) is 5.75 Å². The Kier molecular flexibility index (Phi) is 9.75. The maximum absolute atomic E-state index is 13.4. The van der Waals surface area contributed by atoms with Crippen LogP contribution in [0.5, 0.6) is 5.75 Å². The molecule has 3 heterocycles. The van der Waals surface area contributed by atoms with Gasteiger partial charge in [-0.3, -0.25) is 4.79 Å². The van der Waals surface area contributed by atoms with Gasteiger partial charge in [0.25, 0.3) is 0 Å². The topological polar surface area (TPSA) is 109 Å². The summed E-state index contributed by atoms with van der Waals surface area (Å²) >= 11 is 0. The molecule has 3 fully saturated rings. The normalized spacial score (nSPS) is 21.8. The number of nitrogens with zero attached hydrogens (tertiary/aromatic N) is 2. The third-order valence-electron chi connectivity index (χ3n) is 8.31. The molecule has 43 heavy (non-hydrogen) atoms. The van der Waals surface area contributed by atoms with Gasteiger partial charge in [0.2, 0.25) is 5.91 Å². The minimum atomic E-state index is -0.537. The van der Waals surface area contributed by atoms with Gasteiger partial charge >= 0.3 is 12.1 Å². The first-order chi connectivity index (χ1) is 20.7. The molecule has 3 atom stereocenters. The monoisotopic (exact) mass is 592 g/mol. The summed E-state index contributed by atoms with van der Waals surface area (Å²) < 4.78 is 16.8. The molecule has 3 aliphatic heterocycles. The van der Waals surface area contributed by atoms with E-state index in [1.165, 1.54) is 11.1 Å². The number of hydrogen-bond acceptors (Lipinski definition) is 6. The largest absolute Gasteiger partial charge is 0.492 e. The summed E-state index contributed by atoms with van der Waals surface area (Å²) in [6.45, 7) is 8.82. The van der Waals surface area contributed by atoms with Crippen molar-refractivity contribution in [1.29, 1.82) is 0 Å². The summed E-state index contributed by atoms with van der Waals surface area (Å²) in [4.78, 5) is 40.9. The Morgan fingerprint density at radius 3 is 2.35 bits per heavy atom. The predicted octanol–water partition coefficient (Wildman–Crippen LogP) is 4.14. The number of benzene rings is 2. The van der Waals surface area contributed by atoms with Crippen LogP contribution in [-0.2, 0) is 14.3 Å². The Labute approximate surface area is 254 Å². The molecule has 2 aromatic carbocycles. The van der Waals surface area contributed by atoms with Crippen LogP contribution in [0.25, 0.3) is 0 Å². The number of urea groups is 1. The van der Waals surface area contributed by atoms with Gasteiger partial charge in [-0.25, -0.2) is 9.59 Å². The van der Waals surface area contributed by atoms with Crippen molar-refractivity contribution in [2.75, 3.05) is 45.9 Å². The standard InChI is InChI=1S/C33H44N4O6/c1-33(2,3)43-31(39)34-16-20-41-26-11-9-24(10-12-26)30(23-7-5-4-6-8-23)25-13-17-36(18-14-25)32(40)37-19-15-28-27(21-37)35-29(38)22-42-28/h4-12,25,27-28,30H,13-22H2,1-3H3,(H,34,39)(H,35,38)/t27-,28+,30+/m1/s1. The van der Waals surface area contributed by atoms with E-state index in [4.69, 9.17) is 14.2 Å². The fourth-order valence-electron chi connectivity index (χ4n) is 6.30. The van der Waals surface area contributed by atoms with Crippen LogP contribution in [0, 0.1) is 5.92 Å². The Hall–Kier alpha value is -3.79. The summed E-state index contributed by atoms with van der Waals surface area (Å²) in [7, 11) is 0. The zero-order valence-electron chi connectivity index (χ0n) is 25.4. The van der Waals surface area contributed by atoms with Crippen molar-refractivity contribution in [1.82, 2.24) is 20.4 Å². The van der Waals surface area contributed by atoms with Crippen LogP contribution in [0.15, 0.2) is 54.6 Å². The first kappa shape index (κ1) is 30.7. The molecule has 4 amide bonds. The molecule has 10 heteroatoms. The predicted molar refractivity (Wildman–Crippen MR) is 162 cm³/mol.